The van der Waals surface area contributed by atoms with Crippen molar-refractivity contribution in [2.24, 2.45) is 33.5 Å². The predicted octanol–water partition coefficient (Wildman–Crippen LogP) is 4.32. The minimum atomic E-state index is -1.08. The molecule has 0 heterocycles. The van der Waals surface area contributed by atoms with E-state index >= 15 is 0 Å². The third kappa shape index (κ3) is 4.14. The molecule has 4 rings (SSSR count). The summed E-state index contributed by atoms with van der Waals surface area (Å²) in [6.45, 7) is 13.8. The van der Waals surface area contributed by atoms with Crippen molar-refractivity contribution in [1.82, 2.24) is 0 Å². The van der Waals surface area contributed by atoms with Crippen LogP contribution in [-0.2, 0) is 9.59 Å². The third-order valence-corrected chi connectivity index (χ3v) is 10.0. The van der Waals surface area contributed by atoms with Crippen LogP contribution < -0.4 is 0 Å². The number of carboxylic acids is 2. The number of hydrogen-bond acceptors (Lipinski definition) is 4. The molecule has 4 bridgehead atoms. The SMILES string of the molecule is CC1(C)C2CCC1(C)C(O)C2.CC1(C)C2CCC1(C)C(O)C2.O=C(O)CCC(=O)O. The zero-order chi connectivity index (χ0) is 23.1. The first-order valence-electron chi connectivity index (χ1n) is 11.4. The lowest BCUT2D eigenvalue weighted by Gasteiger charge is -2.36. The van der Waals surface area contributed by atoms with Crippen LogP contribution in [0.3, 0.4) is 0 Å². The Hall–Kier alpha value is -1.14. The average molecular weight is 427 g/mol. The molecule has 4 fully saturated rings. The normalized spacial score (nSPS) is 41.5. The highest BCUT2D eigenvalue weighted by molar-refractivity contribution is 5.75. The van der Waals surface area contributed by atoms with Crippen molar-refractivity contribution in [3.05, 3.63) is 0 Å². The zero-order valence-electron chi connectivity index (χ0n) is 19.6. The lowest BCUT2D eigenvalue weighted by Crippen LogP contribution is -2.35. The largest absolute Gasteiger partial charge is 0.481 e. The lowest BCUT2D eigenvalue weighted by atomic mass is 9.70. The fourth-order valence-corrected chi connectivity index (χ4v) is 6.54. The number of hydrogen-bond donors (Lipinski definition) is 4. The van der Waals surface area contributed by atoms with Crippen LogP contribution >= 0.6 is 0 Å². The molecule has 174 valence electrons. The van der Waals surface area contributed by atoms with Crippen molar-refractivity contribution >= 4 is 11.9 Å². The molecule has 0 aromatic heterocycles. The molecular formula is C24H42O6. The van der Waals surface area contributed by atoms with Crippen LogP contribution in [0.25, 0.3) is 0 Å². The second kappa shape index (κ2) is 8.42. The molecule has 0 aliphatic heterocycles. The van der Waals surface area contributed by atoms with E-state index in [0.29, 0.717) is 10.8 Å². The molecule has 4 N–H and O–H groups in total. The van der Waals surface area contributed by atoms with E-state index in [0.717, 1.165) is 24.7 Å². The summed E-state index contributed by atoms with van der Waals surface area (Å²) in [5.41, 5.74) is 1.20. The van der Waals surface area contributed by atoms with E-state index < -0.39 is 11.9 Å². The maximum atomic E-state index is 9.81. The van der Waals surface area contributed by atoms with Crippen molar-refractivity contribution < 1.29 is 30.0 Å². The van der Waals surface area contributed by atoms with Gasteiger partial charge in [0, 0.05) is 0 Å². The van der Waals surface area contributed by atoms with Gasteiger partial charge in [-0.3, -0.25) is 9.59 Å². The summed E-state index contributed by atoms with van der Waals surface area (Å²) in [6.07, 6.45) is 6.56. The van der Waals surface area contributed by atoms with Crippen LogP contribution in [0.2, 0.25) is 0 Å². The fourth-order valence-electron chi connectivity index (χ4n) is 6.54. The van der Waals surface area contributed by atoms with Crippen LogP contribution in [0.5, 0.6) is 0 Å². The average Bonchev–Trinajstić information content (AvgIpc) is 3.13. The molecule has 6 heteroatoms. The number of aliphatic hydroxyl groups excluding tert-OH is 2. The maximum Gasteiger partial charge on any atom is 0.303 e. The summed E-state index contributed by atoms with van der Waals surface area (Å²) in [6, 6.07) is 0. The molecular weight excluding hydrogens is 384 g/mol. The molecule has 6 atom stereocenters. The smallest absolute Gasteiger partial charge is 0.303 e. The molecule has 0 spiro atoms. The van der Waals surface area contributed by atoms with E-state index in [4.69, 9.17) is 10.2 Å². The van der Waals surface area contributed by atoms with Crippen molar-refractivity contribution in [1.29, 1.82) is 0 Å². The van der Waals surface area contributed by atoms with Crippen molar-refractivity contribution in [3.63, 3.8) is 0 Å². The van der Waals surface area contributed by atoms with Crippen molar-refractivity contribution in [2.75, 3.05) is 0 Å². The number of carbonyl (C=O) groups is 2. The Balaban J connectivity index is 0.000000163. The van der Waals surface area contributed by atoms with Gasteiger partial charge in [0.15, 0.2) is 0 Å². The Morgan fingerprint density at radius 3 is 1.10 bits per heavy atom. The molecule has 4 saturated carbocycles. The highest BCUT2D eigenvalue weighted by Crippen LogP contribution is 2.66. The summed E-state index contributed by atoms with van der Waals surface area (Å²) in [7, 11) is 0. The molecule has 6 unspecified atom stereocenters. The molecule has 4 aliphatic carbocycles. The monoisotopic (exact) mass is 426 g/mol. The number of carboxylic acid groups (broad SMARTS) is 2. The summed E-state index contributed by atoms with van der Waals surface area (Å²) in [5, 5.41) is 35.4. The Kier molecular flexibility index (Phi) is 7.05. The van der Waals surface area contributed by atoms with Gasteiger partial charge in [0.2, 0.25) is 0 Å². The molecule has 0 radical (unpaired) electrons. The standard InChI is InChI=1S/2C10H18O.C4H6O4/c2*1-9(2)7-4-5-10(9,3)8(11)6-7;5-3(6)1-2-4(7)8/h2*7-8,11H,4-6H2,1-3H3;1-2H2,(H,5,6)(H,7,8). The molecule has 0 aromatic rings. The summed E-state index contributed by atoms with van der Waals surface area (Å²) in [4.78, 5) is 19.3. The van der Waals surface area contributed by atoms with Crippen LogP contribution in [0.4, 0.5) is 0 Å². The maximum absolute atomic E-state index is 9.81. The quantitative estimate of drug-likeness (QED) is 0.534. The third-order valence-electron chi connectivity index (χ3n) is 10.0. The van der Waals surface area contributed by atoms with E-state index in [9.17, 15) is 19.8 Å². The van der Waals surface area contributed by atoms with Gasteiger partial charge in [0.1, 0.15) is 0 Å². The second-order valence-electron chi connectivity index (χ2n) is 11.5. The predicted molar refractivity (Wildman–Crippen MR) is 115 cm³/mol. The van der Waals surface area contributed by atoms with Gasteiger partial charge in [-0.1, -0.05) is 41.5 Å². The van der Waals surface area contributed by atoms with Crippen LogP contribution in [0.1, 0.15) is 92.9 Å². The van der Waals surface area contributed by atoms with E-state index in [1.54, 1.807) is 0 Å². The van der Waals surface area contributed by atoms with E-state index in [1.165, 1.54) is 25.7 Å². The van der Waals surface area contributed by atoms with E-state index in [1.807, 2.05) is 0 Å². The Bertz CT molecular complexity index is 600. The minimum Gasteiger partial charge on any atom is -0.481 e. The Morgan fingerprint density at radius 2 is 1.00 bits per heavy atom. The number of aliphatic carboxylic acids is 2. The highest BCUT2D eigenvalue weighted by atomic mass is 16.4. The fraction of sp³-hybridized carbons (Fsp3) is 0.917. The summed E-state index contributed by atoms with van der Waals surface area (Å²) >= 11 is 0. The first-order chi connectivity index (χ1) is 13.6. The van der Waals surface area contributed by atoms with Gasteiger partial charge in [-0.2, -0.15) is 0 Å². The molecule has 6 nitrogen and oxygen atoms in total. The van der Waals surface area contributed by atoms with Gasteiger partial charge in [-0.15, -0.1) is 0 Å². The molecule has 0 amide bonds. The number of rotatable bonds is 3. The van der Waals surface area contributed by atoms with Crippen molar-refractivity contribution in [3.8, 4) is 0 Å². The zero-order valence-corrected chi connectivity index (χ0v) is 19.6. The van der Waals surface area contributed by atoms with Gasteiger partial charge in [-0.25, -0.2) is 0 Å². The van der Waals surface area contributed by atoms with Crippen molar-refractivity contribution in [2.45, 2.75) is 105 Å². The lowest BCUT2D eigenvalue weighted by molar-refractivity contribution is -0.143. The molecule has 30 heavy (non-hydrogen) atoms. The molecule has 0 aromatic carbocycles. The van der Waals surface area contributed by atoms with Gasteiger partial charge in [-0.05, 0) is 72.0 Å². The van der Waals surface area contributed by atoms with E-state index in [2.05, 4.69) is 41.5 Å². The van der Waals surface area contributed by atoms with Gasteiger partial charge in [0.05, 0.1) is 25.0 Å². The van der Waals surface area contributed by atoms with Gasteiger partial charge < -0.3 is 20.4 Å². The minimum absolute atomic E-state index is 0.0313. The topological polar surface area (TPSA) is 115 Å². The van der Waals surface area contributed by atoms with Gasteiger partial charge in [0.25, 0.3) is 0 Å². The van der Waals surface area contributed by atoms with Crippen LogP contribution in [0, 0.1) is 33.5 Å². The number of fused-ring (bicyclic) bond motifs is 4. The number of aliphatic hydroxyl groups is 2. The Labute approximate surface area is 181 Å². The summed E-state index contributed by atoms with van der Waals surface area (Å²) < 4.78 is 0. The van der Waals surface area contributed by atoms with Crippen LogP contribution in [0.15, 0.2) is 0 Å². The van der Waals surface area contributed by atoms with Crippen LogP contribution in [-0.4, -0.2) is 44.6 Å². The molecule has 0 saturated heterocycles. The first-order valence-corrected chi connectivity index (χ1v) is 11.4. The highest BCUT2D eigenvalue weighted by Gasteiger charge is 2.61. The summed E-state index contributed by atoms with van der Waals surface area (Å²) in [5.74, 6) is -0.593. The first kappa shape index (κ1) is 25.1. The van der Waals surface area contributed by atoms with E-state index in [-0.39, 0.29) is 35.9 Å². The Morgan fingerprint density at radius 1 is 0.700 bits per heavy atom. The second-order valence-corrected chi connectivity index (χ2v) is 11.5. The molecule has 4 aliphatic rings. The van der Waals surface area contributed by atoms with Gasteiger partial charge >= 0.3 is 11.9 Å².